The SMILES string of the molecule is N#CC1(NC(=O)COC(=O)c2ccc(Cl)cc2F)CCCCC1. The molecule has 122 valence electrons. The van der Waals surface area contributed by atoms with Gasteiger partial charge in [0.25, 0.3) is 5.91 Å². The summed E-state index contributed by atoms with van der Waals surface area (Å²) in [6, 6.07) is 5.67. The van der Waals surface area contributed by atoms with Crippen molar-refractivity contribution in [3.05, 3.63) is 34.6 Å². The Morgan fingerprint density at radius 1 is 1.35 bits per heavy atom. The van der Waals surface area contributed by atoms with E-state index in [1.54, 1.807) is 0 Å². The summed E-state index contributed by atoms with van der Waals surface area (Å²) in [6.45, 7) is -0.565. The van der Waals surface area contributed by atoms with Gasteiger partial charge in [0.15, 0.2) is 6.61 Å². The number of halogens is 2. The minimum absolute atomic E-state index is 0.157. The Labute approximate surface area is 138 Å². The summed E-state index contributed by atoms with van der Waals surface area (Å²) in [7, 11) is 0. The lowest BCUT2D eigenvalue weighted by atomic mass is 9.83. The van der Waals surface area contributed by atoms with Crippen LogP contribution in [0.5, 0.6) is 0 Å². The zero-order valence-corrected chi connectivity index (χ0v) is 13.2. The van der Waals surface area contributed by atoms with Crippen molar-refractivity contribution in [1.29, 1.82) is 5.26 Å². The van der Waals surface area contributed by atoms with Gasteiger partial charge in [0.1, 0.15) is 11.4 Å². The standard InChI is InChI=1S/C16H16ClFN2O3/c17-11-4-5-12(13(18)8-11)15(22)23-9-14(21)20-16(10-19)6-2-1-3-7-16/h4-5,8H,1-3,6-7,9H2,(H,20,21). The Morgan fingerprint density at radius 2 is 2.04 bits per heavy atom. The highest BCUT2D eigenvalue weighted by Gasteiger charge is 2.33. The number of nitrogens with one attached hydrogen (secondary N) is 1. The van der Waals surface area contributed by atoms with Gasteiger partial charge in [-0.1, -0.05) is 30.9 Å². The molecule has 1 amide bonds. The van der Waals surface area contributed by atoms with Crippen LogP contribution in [-0.2, 0) is 9.53 Å². The predicted molar refractivity (Wildman–Crippen MR) is 81.3 cm³/mol. The van der Waals surface area contributed by atoms with Crippen LogP contribution in [0.2, 0.25) is 5.02 Å². The van der Waals surface area contributed by atoms with Crippen molar-refractivity contribution in [3.8, 4) is 6.07 Å². The summed E-state index contributed by atoms with van der Waals surface area (Å²) in [5.74, 6) is -2.34. The van der Waals surface area contributed by atoms with E-state index in [4.69, 9.17) is 16.3 Å². The summed E-state index contributed by atoms with van der Waals surface area (Å²) in [4.78, 5) is 23.7. The largest absolute Gasteiger partial charge is 0.452 e. The van der Waals surface area contributed by atoms with Gasteiger partial charge in [-0.25, -0.2) is 9.18 Å². The van der Waals surface area contributed by atoms with Crippen molar-refractivity contribution in [3.63, 3.8) is 0 Å². The molecule has 1 aromatic rings. The summed E-state index contributed by atoms with van der Waals surface area (Å²) in [5.41, 5.74) is -1.19. The number of hydrogen-bond donors (Lipinski definition) is 1. The second kappa shape index (κ2) is 7.42. The van der Waals surface area contributed by atoms with Gasteiger partial charge in [0.2, 0.25) is 0 Å². The molecule has 1 aliphatic carbocycles. The first-order valence-electron chi connectivity index (χ1n) is 7.30. The van der Waals surface area contributed by atoms with E-state index in [0.29, 0.717) is 12.8 Å². The van der Waals surface area contributed by atoms with E-state index in [9.17, 15) is 19.2 Å². The monoisotopic (exact) mass is 338 g/mol. The first kappa shape index (κ1) is 17.2. The number of rotatable bonds is 4. The van der Waals surface area contributed by atoms with Crippen molar-refractivity contribution in [2.45, 2.75) is 37.6 Å². The molecule has 23 heavy (non-hydrogen) atoms. The molecule has 2 rings (SSSR count). The normalized spacial score (nSPS) is 16.2. The van der Waals surface area contributed by atoms with Gasteiger partial charge >= 0.3 is 5.97 Å². The lowest BCUT2D eigenvalue weighted by Gasteiger charge is -2.31. The molecule has 0 heterocycles. The van der Waals surface area contributed by atoms with E-state index in [0.717, 1.165) is 25.3 Å². The Morgan fingerprint density at radius 3 is 2.65 bits per heavy atom. The number of carbonyl (C=O) groups excluding carboxylic acids is 2. The van der Waals surface area contributed by atoms with E-state index in [1.165, 1.54) is 12.1 Å². The number of ether oxygens (including phenoxy) is 1. The van der Waals surface area contributed by atoms with E-state index >= 15 is 0 Å². The van der Waals surface area contributed by atoms with Gasteiger partial charge in [-0.3, -0.25) is 4.79 Å². The van der Waals surface area contributed by atoms with Crippen LogP contribution in [0, 0.1) is 17.1 Å². The number of hydrogen-bond acceptors (Lipinski definition) is 4. The van der Waals surface area contributed by atoms with E-state index < -0.39 is 29.8 Å². The zero-order valence-electron chi connectivity index (χ0n) is 12.4. The molecular weight excluding hydrogens is 323 g/mol. The third kappa shape index (κ3) is 4.42. The van der Waals surface area contributed by atoms with Crippen molar-refractivity contribution in [2.24, 2.45) is 0 Å². The molecule has 0 aliphatic heterocycles. The Hall–Kier alpha value is -2.13. The molecule has 7 heteroatoms. The fourth-order valence-electron chi connectivity index (χ4n) is 2.59. The smallest absolute Gasteiger partial charge is 0.341 e. The maximum Gasteiger partial charge on any atom is 0.341 e. The summed E-state index contributed by atoms with van der Waals surface area (Å²) in [5, 5.41) is 12.1. The van der Waals surface area contributed by atoms with Gasteiger partial charge in [-0.15, -0.1) is 0 Å². The van der Waals surface area contributed by atoms with Crippen LogP contribution in [-0.4, -0.2) is 24.0 Å². The average Bonchev–Trinajstić information content (AvgIpc) is 2.53. The first-order valence-corrected chi connectivity index (χ1v) is 7.68. The molecule has 0 saturated heterocycles. The Balaban J connectivity index is 1.91. The molecule has 0 unspecified atom stereocenters. The minimum atomic E-state index is -0.955. The second-order valence-corrected chi connectivity index (χ2v) is 5.94. The molecule has 0 atom stereocenters. The highest BCUT2D eigenvalue weighted by atomic mass is 35.5. The maximum atomic E-state index is 13.6. The van der Waals surface area contributed by atoms with Crippen LogP contribution >= 0.6 is 11.6 Å². The molecule has 1 saturated carbocycles. The zero-order chi connectivity index (χ0) is 16.9. The van der Waals surface area contributed by atoms with Crippen molar-refractivity contribution in [1.82, 2.24) is 5.32 Å². The highest BCUT2D eigenvalue weighted by Crippen LogP contribution is 2.27. The summed E-state index contributed by atoms with van der Waals surface area (Å²) < 4.78 is 18.4. The summed E-state index contributed by atoms with van der Waals surface area (Å²) in [6.07, 6.45) is 3.92. The highest BCUT2D eigenvalue weighted by molar-refractivity contribution is 6.30. The quantitative estimate of drug-likeness (QED) is 0.856. The molecule has 1 aliphatic rings. The Bertz CT molecular complexity index is 651. The molecule has 0 aromatic heterocycles. The third-order valence-corrected chi connectivity index (χ3v) is 4.02. The lowest BCUT2D eigenvalue weighted by molar-refractivity contribution is -0.125. The van der Waals surface area contributed by atoms with Gasteiger partial charge in [0.05, 0.1) is 11.6 Å². The summed E-state index contributed by atoms with van der Waals surface area (Å²) >= 11 is 5.60. The second-order valence-electron chi connectivity index (χ2n) is 5.50. The average molecular weight is 339 g/mol. The lowest BCUT2D eigenvalue weighted by Crippen LogP contribution is -2.50. The number of esters is 1. The van der Waals surface area contributed by atoms with E-state index in [2.05, 4.69) is 11.4 Å². The van der Waals surface area contributed by atoms with Crippen LogP contribution in [0.3, 0.4) is 0 Å². The molecule has 0 spiro atoms. The van der Waals surface area contributed by atoms with E-state index in [1.807, 2.05) is 0 Å². The van der Waals surface area contributed by atoms with Crippen LogP contribution in [0.25, 0.3) is 0 Å². The third-order valence-electron chi connectivity index (χ3n) is 3.79. The van der Waals surface area contributed by atoms with Gasteiger partial charge in [-0.05, 0) is 31.0 Å². The molecule has 0 radical (unpaired) electrons. The molecule has 1 N–H and O–H groups in total. The fraction of sp³-hybridized carbons (Fsp3) is 0.438. The number of benzene rings is 1. The van der Waals surface area contributed by atoms with Gasteiger partial charge < -0.3 is 10.1 Å². The molecule has 1 fully saturated rings. The first-order chi connectivity index (χ1) is 11.0. The number of amides is 1. The van der Waals surface area contributed by atoms with Crippen LogP contribution < -0.4 is 5.32 Å². The van der Waals surface area contributed by atoms with Crippen molar-refractivity contribution in [2.75, 3.05) is 6.61 Å². The fourth-order valence-corrected chi connectivity index (χ4v) is 2.75. The topological polar surface area (TPSA) is 79.2 Å². The number of nitrogens with zero attached hydrogens (tertiary/aromatic N) is 1. The van der Waals surface area contributed by atoms with Crippen LogP contribution in [0.1, 0.15) is 42.5 Å². The molecule has 1 aromatic carbocycles. The van der Waals surface area contributed by atoms with Crippen molar-refractivity contribution < 1.29 is 18.7 Å². The van der Waals surface area contributed by atoms with Crippen LogP contribution in [0.15, 0.2) is 18.2 Å². The minimum Gasteiger partial charge on any atom is -0.452 e. The Kier molecular flexibility index (Phi) is 5.56. The molecule has 5 nitrogen and oxygen atoms in total. The van der Waals surface area contributed by atoms with E-state index in [-0.39, 0.29) is 10.6 Å². The maximum absolute atomic E-state index is 13.6. The molecule has 0 bridgehead atoms. The van der Waals surface area contributed by atoms with Gasteiger partial charge in [-0.2, -0.15) is 5.26 Å². The van der Waals surface area contributed by atoms with Crippen LogP contribution in [0.4, 0.5) is 4.39 Å². The predicted octanol–water partition coefficient (Wildman–Crippen LogP) is 2.98. The van der Waals surface area contributed by atoms with Crippen molar-refractivity contribution >= 4 is 23.5 Å². The number of nitriles is 1. The number of carbonyl (C=O) groups is 2. The van der Waals surface area contributed by atoms with Gasteiger partial charge in [0, 0.05) is 5.02 Å². The molecular formula is C16H16ClFN2O3.